The van der Waals surface area contributed by atoms with Crippen LogP contribution in [0, 0.1) is 0 Å². The van der Waals surface area contributed by atoms with Crippen molar-refractivity contribution in [2.45, 2.75) is 20.0 Å². The van der Waals surface area contributed by atoms with E-state index in [0.29, 0.717) is 26.3 Å². The highest BCUT2D eigenvalue weighted by Crippen LogP contribution is 2.26. The van der Waals surface area contributed by atoms with Crippen molar-refractivity contribution < 1.29 is 9.47 Å². The van der Waals surface area contributed by atoms with E-state index in [1.165, 1.54) is 0 Å². The first-order chi connectivity index (χ1) is 9.83. The maximum absolute atomic E-state index is 5.73. The first-order valence-corrected chi connectivity index (χ1v) is 6.71. The minimum atomic E-state index is 0.520. The van der Waals surface area contributed by atoms with Gasteiger partial charge in [-0.05, 0) is 26.1 Å². The van der Waals surface area contributed by atoms with E-state index in [-0.39, 0.29) is 0 Å². The van der Waals surface area contributed by atoms with Gasteiger partial charge in [0.25, 0.3) is 0 Å². The van der Waals surface area contributed by atoms with Gasteiger partial charge in [0.05, 0.1) is 19.7 Å². The molecule has 0 spiro atoms. The molecular weight excluding hydrogens is 256 g/mol. The molecule has 1 aromatic heterocycles. The first-order valence-electron chi connectivity index (χ1n) is 6.71. The molecule has 1 aromatic carbocycles. The molecule has 2 rings (SSSR count). The van der Waals surface area contributed by atoms with Crippen molar-refractivity contribution in [2.24, 2.45) is 0 Å². The smallest absolute Gasteiger partial charge is 0.164 e. The lowest BCUT2D eigenvalue weighted by molar-refractivity contribution is 0.262. The Bertz CT molecular complexity index is 527. The largest absolute Gasteiger partial charge is 0.490 e. The molecule has 0 bridgehead atoms. The molecule has 0 aliphatic rings. The monoisotopic (exact) mass is 276 g/mol. The third-order valence-electron chi connectivity index (χ3n) is 2.65. The van der Waals surface area contributed by atoms with Gasteiger partial charge < -0.3 is 14.8 Å². The van der Waals surface area contributed by atoms with Gasteiger partial charge in [0.15, 0.2) is 17.3 Å². The van der Waals surface area contributed by atoms with Crippen LogP contribution in [-0.4, -0.2) is 35.0 Å². The van der Waals surface area contributed by atoms with Gasteiger partial charge >= 0.3 is 0 Å². The second-order valence-electron chi connectivity index (χ2n) is 4.18. The third-order valence-corrected chi connectivity index (χ3v) is 2.65. The average molecular weight is 276 g/mol. The predicted octanol–water partition coefficient (Wildman–Crippen LogP) is 1.48. The van der Waals surface area contributed by atoms with E-state index in [0.717, 1.165) is 17.3 Å². The molecule has 20 heavy (non-hydrogen) atoms. The minimum absolute atomic E-state index is 0.520. The summed E-state index contributed by atoms with van der Waals surface area (Å²) in [4.78, 5) is 4.19. The quantitative estimate of drug-likeness (QED) is 0.791. The van der Waals surface area contributed by atoms with Crippen molar-refractivity contribution in [3.63, 3.8) is 0 Å². The molecule has 0 aliphatic carbocycles. The lowest BCUT2D eigenvalue weighted by Crippen LogP contribution is -2.11. The summed E-state index contributed by atoms with van der Waals surface area (Å²) in [5.74, 6) is 2.30. The molecule has 1 N–H and O–H groups in total. The fraction of sp³-hybridized carbons (Fsp3) is 0.429. The molecule has 1 heterocycles. The molecule has 0 aliphatic heterocycles. The number of ether oxygens (including phenoxy) is 2. The van der Waals surface area contributed by atoms with E-state index in [4.69, 9.17) is 9.47 Å². The normalized spacial score (nSPS) is 10.5. The Morgan fingerprint density at radius 3 is 2.65 bits per heavy atom. The topological polar surface area (TPSA) is 61.2 Å². The van der Waals surface area contributed by atoms with E-state index in [9.17, 15) is 0 Å². The first kappa shape index (κ1) is 14.3. The second kappa shape index (κ2) is 7.49. The van der Waals surface area contributed by atoms with Crippen LogP contribution in [-0.2, 0) is 13.1 Å². The van der Waals surface area contributed by atoms with Crippen LogP contribution in [0.3, 0.4) is 0 Å². The molecule has 2 aromatic rings. The molecule has 6 nitrogen and oxygen atoms in total. The van der Waals surface area contributed by atoms with Gasteiger partial charge in [0.2, 0.25) is 0 Å². The third kappa shape index (κ3) is 3.96. The van der Waals surface area contributed by atoms with Crippen molar-refractivity contribution in [3.8, 4) is 11.5 Å². The highest BCUT2D eigenvalue weighted by Gasteiger charge is 2.04. The van der Waals surface area contributed by atoms with Crippen LogP contribution in [0.5, 0.6) is 11.5 Å². The summed E-state index contributed by atoms with van der Waals surface area (Å²) in [6.45, 7) is 4.41. The fourth-order valence-corrected chi connectivity index (χ4v) is 1.77. The van der Waals surface area contributed by atoms with Gasteiger partial charge in [-0.2, -0.15) is 5.10 Å². The van der Waals surface area contributed by atoms with Crippen molar-refractivity contribution >= 4 is 0 Å². The van der Waals surface area contributed by atoms with Gasteiger partial charge in [0, 0.05) is 0 Å². The lowest BCUT2D eigenvalue weighted by atomic mass is 10.3. The van der Waals surface area contributed by atoms with Crippen LogP contribution >= 0.6 is 0 Å². The van der Waals surface area contributed by atoms with Crippen molar-refractivity contribution in [1.29, 1.82) is 0 Å². The Balaban J connectivity index is 1.85. The van der Waals surface area contributed by atoms with Crippen molar-refractivity contribution in [3.05, 3.63) is 36.4 Å². The van der Waals surface area contributed by atoms with Crippen LogP contribution < -0.4 is 14.8 Å². The van der Waals surface area contributed by atoms with Gasteiger partial charge in [-0.15, -0.1) is 0 Å². The molecule has 0 fully saturated rings. The van der Waals surface area contributed by atoms with Crippen LogP contribution in [0.15, 0.2) is 30.6 Å². The lowest BCUT2D eigenvalue weighted by Gasteiger charge is -2.11. The summed E-state index contributed by atoms with van der Waals surface area (Å²) in [5, 5.41) is 7.34. The number of para-hydroxylation sites is 2. The van der Waals surface area contributed by atoms with Gasteiger partial charge in [-0.25, -0.2) is 9.67 Å². The maximum atomic E-state index is 5.73. The zero-order valence-electron chi connectivity index (χ0n) is 11.9. The van der Waals surface area contributed by atoms with Crippen LogP contribution in [0.25, 0.3) is 0 Å². The Hall–Kier alpha value is -2.08. The van der Waals surface area contributed by atoms with E-state index < -0.39 is 0 Å². The molecule has 6 heteroatoms. The Labute approximate surface area is 118 Å². The Morgan fingerprint density at radius 1 is 1.20 bits per heavy atom. The van der Waals surface area contributed by atoms with E-state index in [1.807, 2.05) is 38.2 Å². The number of nitrogens with zero attached hydrogens (tertiary/aromatic N) is 3. The predicted molar refractivity (Wildman–Crippen MR) is 75.9 cm³/mol. The second-order valence-corrected chi connectivity index (χ2v) is 4.18. The van der Waals surface area contributed by atoms with E-state index in [2.05, 4.69) is 15.4 Å². The summed E-state index contributed by atoms with van der Waals surface area (Å²) in [6, 6.07) is 7.66. The van der Waals surface area contributed by atoms with E-state index in [1.54, 1.807) is 11.0 Å². The number of benzene rings is 1. The standard InChI is InChI=1S/C14H20N4O2/c1-3-19-12-6-4-5-7-13(12)20-9-8-18-11-16-14(17-18)10-15-2/h4-7,11,15H,3,8-10H2,1-2H3. The molecule has 0 saturated heterocycles. The van der Waals surface area contributed by atoms with Crippen LogP contribution in [0.4, 0.5) is 0 Å². The van der Waals surface area contributed by atoms with Crippen LogP contribution in [0.1, 0.15) is 12.7 Å². The number of nitrogens with one attached hydrogen (secondary N) is 1. The van der Waals surface area contributed by atoms with Gasteiger partial charge in [-0.1, -0.05) is 12.1 Å². The Morgan fingerprint density at radius 2 is 1.95 bits per heavy atom. The van der Waals surface area contributed by atoms with Crippen LogP contribution in [0.2, 0.25) is 0 Å². The minimum Gasteiger partial charge on any atom is -0.490 e. The Kier molecular flexibility index (Phi) is 5.37. The molecule has 0 saturated carbocycles. The van der Waals surface area contributed by atoms with Gasteiger partial charge in [-0.3, -0.25) is 0 Å². The summed E-state index contributed by atoms with van der Waals surface area (Å²) in [7, 11) is 1.87. The number of hydrogen-bond acceptors (Lipinski definition) is 5. The SMILES string of the molecule is CCOc1ccccc1OCCn1cnc(CNC)n1. The van der Waals surface area contributed by atoms with E-state index >= 15 is 0 Å². The molecule has 0 atom stereocenters. The molecule has 0 unspecified atom stereocenters. The van der Waals surface area contributed by atoms with Gasteiger partial charge in [0.1, 0.15) is 12.9 Å². The summed E-state index contributed by atoms with van der Waals surface area (Å²) in [6.07, 6.45) is 1.71. The fourth-order valence-electron chi connectivity index (χ4n) is 1.77. The number of rotatable bonds is 8. The molecule has 108 valence electrons. The number of hydrogen-bond donors (Lipinski definition) is 1. The van der Waals surface area contributed by atoms with Crippen molar-refractivity contribution in [1.82, 2.24) is 20.1 Å². The highest BCUT2D eigenvalue weighted by molar-refractivity contribution is 5.39. The maximum Gasteiger partial charge on any atom is 0.164 e. The number of aromatic nitrogens is 3. The average Bonchev–Trinajstić information content (AvgIpc) is 2.89. The zero-order chi connectivity index (χ0) is 14.2. The summed E-state index contributed by atoms with van der Waals surface area (Å²) >= 11 is 0. The molecular formula is C14H20N4O2. The van der Waals surface area contributed by atoms with Crippen molar-refractivity contribution in [2.75, 3.05) is 20.3 Å². The highest BCUT2D eigenvalue weighted by atomic mass is 16.5. The summed E-state index contributed by atoms with van der Waals surface area (Å²) < 4.78 is 13.0. The molecule has 0 amide bonds. The molecule has 0 radical (unpaired) electrons. The zero-order valence-corrected chi connectivity index (χ0v) is 11.9. The summed E-state index contributed by atoms with van der Waals surface area (Å²) in [5.41, 5.74) is 0.